The maximum absolute atomic E-state index is 11.4. The highest BCUT2D eigenvalue weighted by molar-refractivity contribution is 5.94. The number of aromatic hydroxyl groups is 1. The molecule has 0 spiro atoms. The summed E-state index contributed by atoms with van der Waals surface area (Å²) in [5.41, 5.74) is 3.51. The average Bonchev–Trinajstić information content (AvgIpc) is 2.34. The molecule has 0 saturated heterocycles. The maximum Gasteiger partial charge on any atom is 0.224 e. The third kappa shape index (κ3) is 2.16. The van der Waals surface area contributed by atoms with Gasteiger partial charge in [0.05, 0.1) is 0 Å². The molecule has 1 aliphatic heterocycles. The molecule has 0 atom stereocenters. The van der Waals surface area contributed by atoms with Gasteiger partial charge in [-0.05, 0) is 36.5 Å². The number of carbonyl (C=O) groups excluding carboxylic acids is 1. The number of benzene rings is 1. The van der Waals surface area contributed by atoms with Gasteiger partial charge in [-0.25, -0.2) is 0 Å². The predicted molar refractivity (Wildman–Crippen MR) is 72.9 cm³/mol. The Hall–Kier alpha value is -2.03. The van der Waals surface area contributed by atoms with Gasteiger partial charge >= 0.3 is 0 Å². The zero-order valence-corrected chi connectivity index (χ0v) is 10.3. The van der Waals surface area contributed by atoms with Crippen molar-refractivity contribution in [2.24, 2.45) is 0 Å². The minimum absolute atomic E-state index is 0.0299. The molecule has 1 amide bonds. The molecule has 2 N–H and O–H groups in total. The van der Waals surface area contributed by atoms with Crippen LogP contribution in [0.15, 0.2) is 31.4 Å². The number of phenolic OH excluding ortho intramolecular Hbond substituents is 1. The van der Waals surface area contributed by atoms with Crippen molar-refractivity contribution in [1.29, 1.82) is 0 Å². The van der Waals surface area contributed by atoms with Crippen LogP contribution in [-0.4, -0.2) is 11.0 Å². The summed E-state index contributed by atoms with van der Waals surface area (Å²) >= 11 is 0. The number of allylic oxidation sites excluding steroid dienone is 2. The Morgan fingerprint density at radius 2 is 2.00 bits per heavy atom. The van der Waals surface area contributed by atoms with Crippen LogP contribution in [0.25, 0.3) is 0 Å². The quantitative estimate of drug-likeness (QED) is 0.631. The second-order valence-corrected chi connectivity index (χ2v) is 4.42. The Morgan fingerprint density at radius 3 is 2.67 bits per heavy atom. The van der Waals surface area contributed by atoms with Gasteiger partial charge in [0, 0.05) is 17.7 Å². The summed E-state index contributed by atoms with van der Waals surface area (Å²) < 4.78 is 0. The number of hydrogen-bond donors (Lipinski definition) is 2. The van der Waals surface area contributed by atoms with E-state index in [1.165, 1.54) is 0 Å². The van der Waals surface area contributed by atoms with Crippen LogP contribution in [-0.2, 0) is 24.1 Å². The van der Waals surface area contributed by atoms with E-state index >= 15 is 0 Å². The summed E-state index contributed by atoms with van der Waals surface area (Å²) in [6.45, 7) is 7.40. The third-order valence-corrected chi connectivity index (χ3v) is 3.19. The monoisotopic (exact) mass is 243 g/mol. The summed E-state index contributed by atoms with van der Waals surface area (Å²) in [5, 5.41) is 13.1. The van der Waals surface area contributed by atoms with Crippen molar-refractivity contribution in [2.45, 2.75) is 25.7 Å². The molecule has 0 radical (unpaired) electrons. The topological polar surface area (TPSA) is 49.3 Å². The van der Waals surface area contributed by atoms with Crippen LogP contribution in [0.5, 0.6) is 5.75 Å². The van der Waals surface area contributed by atoms with Gasteiger partial charge in [0.2, 0.25) is 5.91 Å². The van der Waals surface area contributed by atoms with Crippen molar-refractivity contribution in [3.8, 4) is 5.75 Å². The fourth-order valence-electron chi connectivity index (χ4n) is 2.35. The number of phenols is 1. The number of fused-ring (bicyclic) bond motifs is 1. The molecule has 1 heterocycles. The van der Waals surface area contributed by atoms with E-state index in [0.717, 1.165) is 22.4 Å². The summed E-state index contributed by atoms with van der Waals surface area (Å²) in [6, 6.07) is 1.84. The molecule has 18 heavy (non-hydrogen) atoms. The highest BCUT2D eigenvalue weighted by Crippen LogP contribution is 2.36. The standard InChI is InChI=1S/C15H17NO2/c1-3-5-10-9-13-11(7-8-14(17)16-13)12(6-4-2)15(10)18/h3-4,9,18H,1-2,5-8H2,(H,16,17). The molecule has 94 valence electrons. The molecule has 3 nitrogen and oxygen atoms in total. The van der Waals surface area contributed by atoms with Crippen LogP contribution in [0.4, 0.5) is 5.69 Å². The van der Waals surface area contributed by atoms with E-state index in [4.69, 9.17) is 0 Å². The molecule has 2 rings (SSSR count). The maximum atomic E-state index is 11.4. The van der Waals surface area contributed by atoms with E-state index in [1.54, 1.807) is 12.2 Å². The number of rotatable bonds is 4. The summed E-state index contributed by atoms with van der Waals surface area (Å²) in [5.74, 6) is 0.340. The van der Waals surface area contributed by atoms with Crippen molar-refractivity contribution < 1.29 is 9.90 Å². The Balaban J connectivity index is 2.57. The molecule has 0 unspecified atom stereocenters. The molecule has 0 aliphatic carbocycles. The Morgan fingerprint density at radius 1 is 1.28 bits per heavy atom. The molecule has 0 aromatic heterocycles. The van der Waals surface area contributed by atoms with Gasteiger partial charge in [0.1, 0.15) is 5.75 Å². The summed E-state index contributed by atoms with van der Waals surface area (Å²) in [6.07, 6.45) is 5.84. The summed E-state index contributed by atoms with van der Waals surface area (Å²) in [4.78, 5) is 11.4. The number of nitrogens with one attached hydrogen (secondary N) is 1. The molecule has 0 fully saturated rings. The van der Waals surface area contributed by atoms with Crippen LogP contribution in [0, 0.1) is 0 Å². The normalized spacial score (nSPS) is 13.7. The van der Waals surface area contributed by atoms with E-state index in [0.29, 0.717) is 31.4 Å². The molecule has 0 bridgehead atoms. The van der Waals surface area contributed by atoms with E-state index in [1.807, 2.05) is 6.07 Å². The lowest BCUT2D eigenvalue weighted by atomic mass is 9.91. The largest absolute Gasteiger partial charge is 0.507 e. The number of hydrogen-bond acceptors (Lipinski definition) is 2. The number of carbonyl (C=O) groups is 1. The molecule has 0 saturated carbocycles. The molecular formula is C15H17NO2. The molecule has 1 aromatic rings. The van der Waals surface area contributed by atoms with Gasteiger partial charge in [-0.1, -0.05) is 12.2 Å². The van der Waals surface area contributed by atoms with E-state index in [-0.39, 0.29) is 5.91 Å². The first-order valence-electron chi connectivity index (χ1n) is 6.05. The smallest absolute Gasteiger partial charge is 0.224 e. The van der Waals surface area contributed by atoms with Gasteiger partial charge in [-0.3, -0.25) is 4.79 Å². The zero-order chi connectivity index (χ0) is 13.1. The van der Waals surface area contributed by atoms with E-state index < -0.39 is 0 Å². The van der Waals surface area contributed by atoms with Gasteiger partial charge in [-0.2, -0.15) is 0 Å². The van der Waals surface area contributed by atoms with Crippen molar-refractivity contribution in [3.63, 3.8) is 0 Å². The fourth-order valence-corrected chi connectivity index (χ4v) is 2.35. The Bertz CT molecular complexity index is 518. The van der Waals surface area contributed by atoms with Crippen molar-refractivity contribution >= 4 is 11.6 Å². The molecule has 1 aliphatic rings. The van der Waals surface area contributed by atoms with E-state index in [2.05, 4.69) is 18.5 Å². The average molecular weight is 243 g/mol. The molecule has 1 aromatic carbocycles. The Labute approximate surface area is 107 Å². The van der Waals surface area contributed by atoms with Gasteiger partial charge in [0.25, 0.3) is 0 Å². The zero-order valence-electron chi connectivity index (χ0n) is 10.3. The third-order valence-electron chi connectivity index (χ3n) is 3.19. The lowest BCUT2D eigenvalue weighted by Crippen LogP contribution is -2.20. The molecular weight excluding hydrogens is 226 g/mol. The lowest BCUT2D eigenvalue weighted by molar-refractivity contribution is -0.116. The molecule has 3 heteroatoms. The van der Waals surface area contributed by atoms with Crippen molar-refractivity contribution in [2.75, 3.05) is 5.32 Å². The first-order chi connectivity index (χ1) is 8.67. The summed E-state index contributed by atoms with van der Waals surface area (Å²) in [7, 11) is 0. The number of amides is 1. The van der Waals surface area contributed by atoms with Crippen LogP contribution in [0.2, 0.25) is 0 Å². The SMILES string of the molecule is C=CCc1cc2c(c(CC=C)c1O)CCC(=O)N2. The minimum atomic E-state index is 0.0299. The van der Waals surface area contributed by atoms with Crippen LogP contribution < -0.4 is 5.32 Å². The second-order valence-electron chi connectivity index (χ2n) is 4.42. The highest BCUT2D eigenvalue weighted by atomic mass is 16.3. The van der Waals surface area contributed by atoms with E-state index in [9.17, 15) is 9.90 Å². The Kier molecular flexibility index (Phi) is 3.51. The fraction of sp³-hybridized carbons (Fsp3) is 0.267. The van der Waals surface area contributed by atoms with Gasteiger partial charge in [0.15, 0.2) is 0 Å². The van der Waals surface area contributed by atoms with Gasteiger partial charge < -0.3 is 10.4 Å². The van der Waals surface area contributed by atoms with Gasteiger partial charge in [-0.15, -0.1) is 13.2 Å². The van der Waals surface area contributed by atoms with Crippen LogP contribution in [0.3, 0.4) is 0 Å². The highest BCUT2D eigenvalue weighted by Gasteiger charge is 2.21. The van der Waals surface area contributed by atoms with Crippen LogP contribution in [0.1, 0.15) is 23.1 Å². The first-order valence-corrected chi connectivity index (χ1v) is 6.05. The van der Waals surface area contributed by atoms with Crippen molar-refractivity contribution in [3.05, 3.63) is 48.1 Å². The second kappa shape index (κ2) is 5.08. The van der Waals surface area contributed by atoms with Crippen LogP contribution >= 0.6 is 0 Å². The number of anilines is 1. The predicted octanol–water partition coefficient (Wildman–Crippen LogP) is 2.73. The lowest BCUT2D eigenvalue weighted by Gasteiger charge is -2.22. The first kappa shape index (κ1) is 12.4. The minimum Gasteiger partial charge on any atom is -0.507 e. The van der Waals surface area contributed by atoms with Crippen molar-refractivity contribution in [1.82, 2.24) is 0 Å².